The van der Waals surface area contributed by atoms with Gasteiger partial charge in [-0.1, -0.05) is 23.8 Å². The molecule has 2 aromatic rings. The minimum Gasteiger partial charge on any atom is -0.333 e. The average molecular weight is 314 g/mol. The number of thiophene rings is 1. The van der Waals surface area contributed by atoms with Gasteiger partial charge in [0.05, 0.1) is 6.54 Å². The van der Waals surface area contributed by atoms with Gasteiger partial charge in [0.15, 0.2) is 0 Å². The first kappa shape index (κ1) is 16.0. The highest BCUT2D eigenvalue weighted by molar-refractivity contribution is 7.10. The lowest BCUT2D eigenvalue weighted by atomic mass is 10.2. The number of hydrogen-bond donors (Lipinski definition) is 1. The maximum Gasteiger partial charge on any atom is 0.246 e. The molecule has 0 saturated heterocycles. The smallest absolute Gasteiger partial charge is 0.246 e. The van der Waals surface area contributed by atoms with E-state index >= 15 is 0 Å². The molecule has 0 radical (unpaired) electrons. The van der Waals surface area contributed by atoms with Gasteiger partial charge in [-0.05, 0) is 36.6 Å². The van der Waals surface area contributed by atoms with Gasteiger partial charge in [0.25, 0.3) is 0 Å². The molecule has 0 atom stereocenters. The maximum absolute atomic E-state index is 11.9. The van der Waals surface area contributed by atoms with Crippen LogP contribution in [0.2, 0.25) is 0 Å². The molecule has 114 valence electrons. The Balaban J connectivity index is 1.85. The van der Waals surface area contributed by atoms with Crippen molar-refractivity contribution in [3.8, 4) is 0 Å². The Morgan fingerprint density at radius 2 is 1.95 bits per heavy atom. The fourth-order valence-corrected chi connectivity index (χ4v) is 2.42. The topological polar surface area (TPSA) is 49.4 Å². The van der Waals surface area contributed by atoms with Crippen molar-refractivity contribution >= 4 is 34.9 Å². The Morgan fingerprint density at radius 3 is 2.59 bits per heavy atom. The summed E-state index contributed by atoms with van der Waals surface area (Å²) in [4.78, 5) is 26.2. The minimum absolute atomic E-state index is 0.0154. The lowest BCUT2D eigenvalue weighted by molar-refractivity contribution is -0.129. The molecule has 0 spiro atoms. The van der Waals surface area contributed by atoms with Gasteiger partial charge >= 0.3 is 0 Å². The number of nitrogens with zero attached hydrogens (tertiary/aromatic N) is 1. The van der Waals surface area contributed by atoms with Gasteiger partial charge in [-0.2, -0.15) is 0 Å². The van der Waals surface area contributed by atoms with E-state index in [0.29, 0.717) is 0 Å². The van der Waals surface area contributed by atoms with Gasteiger partial charge in [-0.3, -0.25) is 9.59 Å². The third-order valence-electron chi connectivity index (χ3n) is 3.03. The van der Waals surface area contributed by atoms with E-state index in [1.807, 2.05) is 48.7 Å². The standard InChI is InChI=1S/C17H18N2O2S/c1-13-5-7-14(8-6-13)18-16(20)12-19(2)17(21)10-9-15-4-3-11-22-15/h3-11H,12H2,1-2H3,(H,18,20). The van der Waals surface area contributed by atoms with E-state index in [1.165, 1.54) is 11.0 Å². The first-order chi connectivity index (χ1) is 10.5. The van der Waals surface area contributed by atoms with Gasteiger partial charge in [0.2, 0.25) is 11.8 Å². The van der Waals surface area contributed by atoms with E-state index in [-0.39, 0.29) is 18.4 Å². The molecule has 5 heteroatoms. The van der Waals surface area contributed by atoms with Gasteiger partial charge < -0.3 is 10.2 Å². The number of likely N-dealkylation sites (N-methyl/N-ethyl adjacent to an activating group) is 1. The van der Waals surface area contributed by atoms with E-state index in [2.05, 4.69) is 5.32 Å². The number of aryl methyl sites for hydroxylation is 1. The van der Waals surface area contributed by atoms with Crippen LogP contribution >= 0.6 is 11.3 Å². The van der Waals surface area contributed by atoms with Crippen LogP contribution in [0.1, 0.15) is 10.4 Å². The van der Waals surface area contributed by atoms with Crippen LogP contribution in [0.15, 0.2) is 47.9 Å². The summed E-state index contributed by atoms with van der Waals surface area (Å²) < 4.78 is 0. The van der Waals surface area contributed by atoms with E-state index < -0.39 is 0 Å². The van der Waals surface area contributed by atoms with Crippen LogP contribution in [0.25, 0.3) is 6.08 Å². The molecule has 2 amide bonds. The van der Waals surface area contributed by atoms with Crippen LogP contribution in [0.3, 0.4) is 0 Å². The normalized spacial score (nSPS) is 10.6. The van der Waals surface area contributed by atoms with Crippen LogP contribution in [0, 0.1) is 6.92 Å². The highest BCUT2D eigenvalue weighted by atomic mass is 32.1. The highest BCUT2D eigenvalue weighted by Crippen LogP contribution is 2.11. The summed E-state index contributed by atoms with van der Waals surface area (Å²) in [6.07, 6.45) is 3.23. The summed E-state index contributed by atoms with van der Waals surface area (Å²) in [6, 6.07) is 11.4. The van der Waals surface area contributed by atoms with Gasteiger partial charge in [0.1, 0.15) is 0 Å². The van der Waals surface area contributed by atoms with Crippen LogP contribution in [0.5, 0.6) is 0 Å². The summed E-state index contributed by atoms with van der Waals surface area (Å²) in [5.41, 5.74) is 1.86. The number of carbonyl (C=O) groups is 2. The zero-order chi connectivity index (χ0) is 15.9. The molecule has 1 aromatic heterocycles. The van der Waals surface area contributed by atoms with Gasteiger partial charge in [-0.25, -0.2) is 0 Å². The van der Waals surface area contributed by atoms with Crippen LogP contribution in [0.4, 0.5) is 5.69 Å². The van der Waals surface area contributed by atoms with Crippen molar-refractivity contribution in [1.82, 2.24) is 4.90 Å². The largest absolute Gasteiger partial charge is 0.333 e. The fourth-order valence-electron chi connectivity index (χ4n) is 1.80. The van der Waals surface area contributed by atoms with Crippen LogP contribution in [-0.4, -0.2) is 30.3 Å². The molecule has 0 aliphatic heterocycles. The van der Waals surface area contributed by atoms with Gasteiger partial charge in [-0.15, -0.1) is 11.3 Å². The van der Waals surface area contributed by atoms with Gasteiger partial charge in [0, 0.05) is 23.7 Å². The number of amides is 2. The molecular formula is C17H18N2O2S. The molecule has 0 aliphatic rings. The second-order valence-electron chi connectivity index (χ2n) is 4.96. The second kappa shape index (κ2) is 7.56. The number of benzene rings is 1. The highest BCUT2D eigenvalue weighted by Gasteiger charge is 2.10. The summed E-state index contributed by atoms with van der Waals surface area (Å²) in [5.74, 6) is -0.420. The Morgan fingerprint density at radius 1 is 1.23 bits per heavy atom. The predicted octanol–water partition coefficient (Wildman–Crippen LogP) is 3.17. The lowest BCUT2D eigenvalue weighted by Gasteiger charge is -2.14. The Labute approximate surface area is 134 Å². The molecule has 1 heterocycles. The molecular weight excluding hydrogens is 296 g/mol. The Kier molecular flexibility index (Phi) is 5.49. The third kappa shape index (κ3) is 4.86. The van der Waals surface area contributed by atoms with Crippen molar-refractivity contribution < 1.29 is 9.59 Å². The van der Waals surface area contributed by atoms with Crippen molar-refractivity contribution in [1.29, 1.82) is 0 Å². The summed E-state index contributed by atoms with van der Waals surface area (Å²) in [7, 11) is 1.61. The number of hydrogen-bond acceptors (Lipinski definition) is 3. The zero-order valence-electron chi connectivity index (χ0n) is 12.6. The minimum atomic E-state index is -0.218. The monoisotopic (exact) mass is 314 g/mol. The number of carbonyl (C=O) groups excluding carboxylic acids is 2. The van der Waals surface area contributed by atoms with E-state index in [4.69, 9.17) is 0 Å². The van der Waals surface area contributed by atoms with E-state index in [9.17, 15) is 9.59 Å². The molecule has 4 nitrogen and oxygen atoms in total. The maximum atomic E-state index is 11.9. The lowest BCUT2D eigenvalue weighted by Crippen LogP contribution is -2.33. The molecule has 0 bridgehead atoms. The Bertz CT molecular complexity index is 660. The number of nitrogens with one attached hydrogen (secondary N) is 1. The van der Waals surface area contributed by atoms with Crippen molar-refractivity contribution in [2.75, 3.05) is 18.9 Å². The van der Waals surface area contributed by atoms with Crippen LogP contribution < -0.4 is 5.32 Å². The molecule has 22 heavy (non-hydrogen) atoms. The van der Waals surface area contributed by atoms with E-state index in [1.54, 1.807) is 24.5 Å². The first-order valence-corrected chi connectivity index (χ1v) is 7.76. The van der Waals surface area contributed by atoms with Crippen molar-refractivity contribution in [3.63, 3.8) is 0 Å². The van der Waals surface area contributed by atoms with Crippen LogP contribution in [-0.2, 0) is 9.59 Å². The molecule has 1 aromatic carbocycles. The molecule has 0 aliphatic carbocycles. The van der Waals surface area contributed by atoms with Crippen molar-refractivity contribution in [3.05, 3.63) is 58.3 Å². The SMILES string of the molecule is Cc1ccc(NC(=O)CN(C)C(=O)C=Cc2cccs2)cc1. The van der Waals surface area contributed by atoms with Crippen molar-refractivity contribution in [2.45, 2.75) is 6.92 Å². The quantitative estimate of drug-likeness (QED) is 0.862. The average Bonchev–Trinajstić information content (AvgIpc) is 3.00. The first-order valence-electron chi connectivity index (χ1n) is 6.88. The zero-order valence-corrected chi connectivity index (χ0v) is 13.4. The van der Waals surface area contributed by atoms with E-state index in [0.717, 1.165) is 16.1 Å². The summed E-state index contributed by atoms with van der Waals surface area (Å²) in [6.45, 7) is 2.00. The molecule has 0 unspecified atom stereocenters. The Hall–Kier alpha value is -2.40. The molecule has 2 rings (SSSR count). The molecule has 1 N–H and O–H groups in total. The molecule has 0 saturated carbocycles. The summed E-state index contributed by atoms with van der Waals surface area (Å²) >= 11 is 1.56. The number of rotatable bonds is 5. The molecule has 0 fully saturated rings. The second-order valence-corrected chi connectivity index (χ2v) is 5.94. The fraction of sp³-hybridized carbons (Fsp3) is 0.176. The van der Waals surface area contributed by atoms with Crippen molar-refractivity contribution in [2.24, 2.45) is 0 Å². The number of anilines is 1. The third-order valence-corrected chi connectivity index (χ3v) is 3.86. The predicted molar refractivity (Wildman–Crippen MR) is 90.8 cm³/mol. The summed E-state index contributed by atoms with van der Waals surface area (Å²) in [5, 5.41) is 4.72.